The van der Waals surface area contributed by atoms with Crippen LogP contribution in [0.25, 0.3) is 0 Å². The molecule has 0 aliphatic carbocycles. The number of nitrogens with zero attached hydrogens (tertiary/aromatic N) is 2. The fraction of sp³-hybridized carbons (Fsp3) is 0.400. The molecular formula is C15H20N4O3S. The lowest BCUT2D eigenvalue weighted by Gasteiger charge is -2.07. The number of carbonyl (C=O) groups excluding carboxylic acids is 1. The van der Waals surface area contributed by atoms with Crippen LogP contribution in [0.2, 0.25) is 0 Å². The normalized spacial score (nSPS) is 10.5. The van der Waals surface area contributed by atoms with Crippen LogP contribution >= 0.6 is 11.8 Å². The first-order valence-electron chi connectivity index (χ1n) is 7.43. The van der Waals surface area contributed by atoms with E-state index >= 15 is 0 Å². The number of aromatic nitrogens is 3. The van der Waals surface area contributed by atoms with E-state index in [2.05, 4.69) is 15.5 Å². The first-order valence-corrected chi connectivity index (χ1v) is 8.41. The molecule has 1 aromatic carbocycles. The maximum atomic E-state index is 11.6. The number of thioether (sulfide) groups is 1. The van der Waals surface area contributed by atoms with Gasteiger partial charge in [0.25, 0.3) is 0 Å². The van der Waals surface area contributed by atoms with Gasteiger partial charge in [-0.15, -0.1) is 5.10 Å². The van der Waals surface area contributed by atoms with E-state index < -0.39 is 6.09 Å². The minimum atomic E-state index is -0.427. The maximum Gasteiger partial charge on any atom is 0.407 e. The van der Waals surface area contributed by atoms with Crippen molar-refractivity contribution in [1.29, 1.82) is 0 Å². The molecule has 0 spiro atoms. The second-order valence-corrected chi connectivity index (χ2v) is 5.81. The highest BCUT2D eigenvalue weighted by Crippen LogP contribution is 2.13. The number of ether oxygens (including phenoxy) is 1. The predicted molar refractivity (Wildman–Crippen MR) is 88.5 cm³/mol. The summed E-state index contributed by atoms with van der Waals surface area (Å²) in [5, 5.41) is 9.76. The van der Waals surface area contributed by atoms with Crippen LogP contribution in [0.4, 0.5) is 4.79 Å². The maximum absolute atomic E-state index is 11.6. The summed E-state index contributed by atoms with van der Waals surface area (Å²) in [4.78, 5) is 22.9. The van der Waals surface area contributed by atoms with Crippen molar-refractivity contribution in [1.82, 2.24) is 20.1 Å². The number of hydrogen-bond acceptors (Lipinski definition) is 5. The van der Waals surface area contributed by atoms with Crippen molar-refractivity contribution < 1.29 is 9.53 Å². The number of benzene rings is 1. The van der Waals surface area contributed by atoms with Crippen molar-refractivity contribution in [2.24, 2.45) is 0 Å². The molecule has 0 fully saturated rings. The molecular weight excluding hydrogens is 316 g/mol. The van der Waals surface area contributed by atoms with E-state index in [1.165, 1.54) is 11.8 Å². The van der Waals surface area contributed by atoms with E-state index in [0.29, 0.717) is 18.2 Å². The van der Waals surface area contributed by atoms with Crippen LogP contribution in [0.3, 0.4) is 0 Å². The topological polar surface area (TPSA) is 89.0 Å². The van der Waals surface area contributed by atoms with Gasteiger partial charge >= 0.3 is 11.8 Å². The largest absolute Gasteiger partial charge is 0.445 e. The molecule has 8 heteroatoms. The summed E-state index contributed by atoms with van der Waals surface area (Å²) in [5.41, 5.74) is 0.756. The number of alkyl carbamates (subject to hydrolysis) is 1. The van der Waals surface area contributed by atoms with Gasteiger partial charge in [-0.1, -0.05) is 42.1 Å². The van der Waals surface area contributed by atoms with Gasteiger partial charge in [0.15, 0.2) is 5.16 Å². The Morgan fingerprint density at radius 3 is 2.91 bits per heavy atom. The molecule has 2 aromatic rings. The molecule has 0 radical (unpaired) electrons. The Morgan fingerprint density at radius 2 is 2.17 bits per heavy atom. The molecule has 7 nitrogen and oxygen atoms in total. The number of aromatic amines is 1. The van der Waals surface area contributed by atoms with Crippen molar-refractivity contribution in [2.45, 2.75) is 31.7 Å². The van der Waals surface area contributed by atoms with Crippen molar-refractivity contribution >= 4 is 17.9 Å². The number of amides is 1. The predicted octanol–water partition coefficient (Wildman–Crippen LogP) is 2.00. The monoisotopic (exact) mass is 336 g/mol. The van der Waals surface area contributed by atoms with Crippen LogP contribution in [0, 0.1) is 0 Å². The third-order valence-electron chi connectivity index (χ3n) is 3.07. The SMILES string of the molecule is CCn1c(SCCCNC(=O)OCc2ccccc2)n[nH]c1=O. The average Bonchev–Trinajstić information content (AvgIpc) is 2.93. The molecule has 2 rings (SSSR count). The highest BCUT2D eigenvalue weighted by molar-refractivity contribution is 7.99. The number of hydrogen-bond donors (Lipinski definition) is 2. The zero-order valence-corrected chi connectivity index (χ0v) is 13.8. The highest BCUT2D eigenvalue weighted by Gasteiger charge is 2.07. The van der Waals surface area contributed by atoms with Gasteiger partial charge in [0, 0.05) is 18.8 Å². The number of H-pyrrole nitrogens is 1. The van der Waals surface area contributed by atoms with Gasteiger partial charge in [-0.3, -0.25) is 4.57 Å². The molecule has 23 heavy (non-hydrogen) atoms. The van der Waals surface area contributed by atoms with E-state index in [1.807, 2.05) is 37.3 Å². The quantitative estimate of drug-likeness (QED) is 0.568. The van der Waals surface area contributed by atoms with Gasteiger partial charge in [0.1, 0.15) is 6.61 Å². The number of rotatable bonds is 8. The van der Waals surface area contributed by atoms with Gasteiger partial charge in [-0.05, 0) is 18.9 Å². The molecule has 0 atom stereocenters. The van der Waals surface area contributed by atoms with Crippen LogP contribution in [0.5, 0.6) is 0 Å². The summed E-state index contributed by atoms with van der Waals surface area (Å²) in [5.74, 6) is 0.753. The van der Waals surface area contributed by atoms with E-state index in [-0.39, 0.29) is 12.3 Å². The first kappa shape index (κ1) is 17.1. The highest BCUT2D eigenvalue weighted by atomic mass is 32.2. The van der Waals surface area contributed by atoms with Crippen LogP contribution in [-0.4, -0.2) is 33.2 Å². The lowest BCUT2D eigenvalue weighted by molar-refractivity contribution is 0.139. The Kier molecular flexibility index (Phi) is 6.74. The molecule has 0 aliphatic heterocycles. The zero-order chi connectivity index (χ0) is 16.5. The molecule has 0 saturated carbocycles. The molecule has 0 saturated heterocycles. The van der Waals surface area contributed by atoms with Gasteiger partial charge < -0.3 is 10.1 Å². The Hall–Kier alpha value is -2.22. The van der Waals surface area contributed by atoms with E-state index in [1.54, 1.807) is 4.57 Å². The third-order valence-corrected chi connectivity index (χ3v) is 4.14. The van der Waals surface area contributed by atoms with Crippen molar-refractivity contribution in [2.75, 3.05) is 12.3 Å². The Balaban J connectivity index is 1.60. The molecule has 2 N–H and O–H groups in total. The summed E-state index contributed by atoms with van der Waals surface area (Å²) in [6.45, 7) is 3.26. The molecule has 0 aliphatic rings. The Labute approximate surface area is 138 Å². The zero-order valence-electron chi connectivity index (χ0n) is 12.9. The van der Waals surface area contributed by atoms with E-state index in [9.17, 15) is 9.59 Å². The van der Waals surface area contributed by atoms with Crippen molar-refractivity contribution in [3.8, 4) is 0 Å². The molecule has 1 amide bonds. The van der Waals surface area contributed by atoms with Crippen molar-refractivity contribution in [3.05, 3.63) is 46.4 Å². The Morgan fingerprint density at radius 1 is 1.39 bits per heavy atom. The number of nitrogens with one attached hydrogen (secondary N) is 2. The van der Waals surface area contributed by atoms with Gasteiger partial charge in [-0.25, -0.2) is 14.7 Å². The van der Waals surface area contributed by atoms with Crippen molar-refractivity contribution in [3.63, 3.8) is 0 Å². The minimum Gasteiger partial charge on any atom is -0.445 e. The minimum absolute atomic E-state index is 0.197. The van der Waals surface area contributed by atoms with Crippen LogP contribution < -0.4 is 11.0 Å². The fourth-order valence-electron chi connectivity index (χ4n) is 1.89. The standard InChI is InChI=1S/C15H20N4O3S/c1-2-19-13(20)17-18-14(19)23-10-6-9-16-15(21)22-11-12-7-4-3-5-8-12/h3-5,7-8H,2,6,9-11H2,1H3,(H,16,21)(H,17,20). The molecule has 0 bridgehead atoms. The lowest BCUT2D eigenvalue weighted by atomic mass is 10.2. The van der Waals surface area contributed by atoms with E-state index in [0.717, 1.165) is 17.7 Å². The smallest absolute Gasteiger partial charge is 0.407 e. The van der Waals surface area contributed by atoms with Gasteiger partial charge in [-0.2, -0.15) is 0 Å². The fourth-order valence-corrected chi connectivity index (χ4v) is 2.84. The van der Waals surface area contributed by atoms with Crippen LogP contribution in [0.1, 0.15) is 18.9 Å². The number of carbonyl (C=O) groups is 1. The molecule has 0 unspecified atom stereocenters. The molecule has 1 aromatic heterocycles. The second kappa shape index (κ2) is 9.04. The van der Waals surface area contributed by atoms with E-state index in [4.69, 9.17) is 4.74 Å². The second-order valence-electron chi connectivity index (χ2n) is 4.75. The molecule has 124 valence electrons. The van der Waals surface area contributed by atoms with Gasteiger partial charge in [0.2, 0.25) is 0 Å². The Bertz CT molecular complexity index is 669. The first-order chi connectivity index (χ1) is 11.2. The summed E-state index contributed by atoms with van der Waals surface area (Å²) in [6.07, 6.45) is 0.333. The lowest BCUT2D eigenvalue weighted by Crippen LogP contribution is -2.25. The van der Waals surface area contributed by atoms with Crippen LogP contribution in [-0.2, 0) is 17.9 Å². The summed E-state index contributed by atoms with van der Waals surface area (Å²) >= 11 is 1.48. The summed E-state index contributed by atoms with van der Waals surface area (Å²) in [7, 11) is 0. The third kappa shape index (κ3) is 5.48. The molecule has 1 heterocycles. The van der Waals surface area contributed by atoms with Gasteiger partial charge in [0.05, 0.1) is 0 Å². The summed E-state index contributed by atoms with van der Waals surface area (Å²) in [6, 6.07) is 9.53. The average molecular weight is 336 g/mol. The summed E-state index contributed by atoms with van der Waals surface area (Å²) < 4.78 is 6.69. The van der Waals surface area contributed by atoms with Crippen LogP contribution in [0.15, 0.2) is 40.3 Å².